The first-order valence-electron chi connectivity index (χ1n) is 6.64. The topological polar surface area (TPSA) is 38.0 Å². The Labute approximate surface area is 114 Å². The van der Waals surface area contributed by atoms with E-state index in [2.05, 4.69) is 48.9 Å². The van der Waals surface area contributed by atoms with Crippen LogP contribution >= 0.6 is 23.5 Å². The molecule has 2 nitrogen and oxygen atoms in total. The van der Waals surface area contributed by atoms with Crippen molar-refractivity contribution in [1.29, 1.82) is 0 Å². The summed E-state index contributed by atoms with van der Waals surface area (Å²) in [5.41, 5.74) is 4.63. The third kappa shape index (κ3) is 3.43. The van der Waals surface area contributed by atoms with Gasteiger partial charge in [0.25, 0.3) is 0 Å². The number of rotatable bonds is 3. The summed E-state index contributed by atoms with van der Waals surface area (Å²) in [6, 6.07) is 0.391. The Morgan fingerprint density at radius 3 is 2.76 bits per heavy atom. The first-order valence-corrected chi connectivity index (χ1v) is 8.63. The van der Waals surface area contributed by atoms with Crippen LogP contribution in [0.4, 0.5) is 0 Å². The molecule has 1 aliphatic heterocycles. The second-order valence-electron chi connectivity index (χ2n) is 5.09. The van der Waals surface area contributed by atoms with Gasteiger partial charge in [0.15, 0.2) is 0 Å². The lowest BCUT2D eigenvalue weighted by molar-refractivity contribution is 0.541. The van der Waals surface area contributed by atoms with Crippen LogP contribution < -0.4 is 11.3 Å². The van der Waals surface area contributed by atoms with Gasteiger partial charge in [0.2, 0.25) is 0 Å². The zero-order valence-corrected chi connectivity index (χ0v) is 12.4. The van der Waals surface area contributed by atoms with Crippen molar-refractivity contribution in [3.8, 4) is 0 Å². The molecule has 0 spiro atoms. The van der Waals surface area contributed by atoms with Gasteiger partial charge in [-0.3, -0.25) is 11.3 Å². The summed E-state index contributed by atoms with van der Waals surface area (Å²) in [6.07, 6.45) is 7.58. The number of hydrogen-bond acceptors (Lipinski definition) is 4. The molecule has 1 heterocycles. The van der Waals surface area contributed by atoms with Gasteiger partial charge in [0, 0.05) is 21.5 Å². The second kappa shape index (κ2) is 6.50. The summed E-state index contributed by atoms with van der Waals surface area (Å²) in [4.78, 5) is 0. The van der Waals surface area contributed by atoms with Crippen LogP contribution in [0.3, 0.4) is 0 Å². The van der Waals surface area contributed by atoms with Crippen LogP contribution in [0.1, 0.15) is 39.5 Å². The Morgan fingerprint density at radius 2 is 2.18 bits per heavy atom. The first-order chi connectivity index (χ1) is 8.22. The number of hydrazine groups is 1. The van der Waals surface area contributed by atoms with Crippen LogP contribution in [0.5, 0.6) is 0 Å². The molecule has 4 atom stereocenters. The zero-order valence-electron chi connectivity index (χ0n) is 10.8. The van der Waals surface area contributed by atoms with Gasteiger partial charge >= 0.3 is 0 Å². The number of allylic oxidation sites excluding steroid dienone is 1. The molecule has 2 aliphatic rings. The molecule has 0 aromatic carbocycles. The van der Waals surface area contributed by atoms with Crippen LogP contribution in [0.2, 0.25) is 0 Å². The molecule has 4 unspecified atom stereocenters. The van der Waals surface area contributed by atoms with E-state index < -0.39 is 0 Å². The van der Waals surface area contributed by atoms with Gasteiger partial charge in [-0.15, -0.1) is 0 Å². The highest BCUT2D eigenvalue weighted by molar-refractivity contribution is 8.07. The SMILES string of the molecule is CC1SCC(C(NN)C2=CCCCC2)SC1C. The maximum atomic E-state index is 5.80. The minimum atomic E-state index is 0.391. The molecule has 1 saturated heterocycles. The number of thioether (sulfide) groups is 2. The molecule has 2 rings (SSSR count). The van der Waals surface area contributed by atoms with Crippen molar-refractivity contribution in [1.82, 2.24) is 5.43 Å². The van der Waals surface area contributed by atoms with E-state index in [0.29, 0.717) is 11.3 Å². The van der Waals surface area contributed by atoms with Crippen molar-refractivity contribution < 1.29 is 0 Å². The fourth-order valence-electron chi connectivity index (χ4n) is 2.58. The average molecular weight is 272 g/mol. The Morgan fingerprint density at radius 1 is 1.35 bits per heavy atom. The largest absolute Gasteiger partial charge is 0.271 e. The van der Waals surface area contributed by atoms with E-state index in [1.165, 1.54) is 31.4 Å². The van der Waals surface area contributed by atoms with Crippen LogP contribution in [0.25, 0.3) is 0 Å². The molecule has 0 radical (unpaired) electrons. The third-order valence-electron chi connectivity index (χ3n) is 3.85. The Hall–Kier alpha value is 0.360. The molecule has 1 fully saturated rings. The van der Waals surface area contributed by atoms with Crippen molar-refractivity contribution in [3.63, 3.8) is 0 Å². The van der Waals surface area contributed by atoms with Crippen molar-refractivity contribution in [3.05, 3.63) is 11.6 Å². The lowest BCUT2D eigenvalue weighted by atomic mass is 9.93. The number of hydrogen-bond donors (Lipinski definition) is 2. The minimum Gasteiger partial charge on any atom is -0.271 e. The van der Waals surface area contributed by atoms with E-state index in [0.717, 1.165) is 10.5 Å². The Bertz CT molecular complexity index is 281. The predicted molar refractivity (Wildman–Crippen MR) is 80.4 cm³/mol. The van der Waals surface area contributed by atoms with Gasteiger partial charge in [-0.05, 0) is 25.7 Å². The van der Waals surface area contributed by atoms with Crippen molar-refractivity contribution in [2.24, 2.45) is 5.84 Å². The van der Waals surface area contributed by atoms with E-state index in [9.17, 15) is 0 Å². The van der Waals surface area contributed by atoms with E-state index in [-0.39, 0.29) is 0 Å². The number of nitrogens with one attached hydrogen (secondary N) is 1. The summed E-state index contributed by atoms with van der Waals surface area (Å²) < 4.78 is 0. The zero-order chi connectivity index (χ0) is 12.3. The van der Waals surface area contributed by atoms with Crippen molar-refractivity contribution in [2.75, 3.05) is 5.75 Å². The minimum absolute atomic E-state index is 0.391. The van der Waals surface area contributed by atoms with E-state index in [1.807, 2.05) is 0 Å². The summed E-state index contributed by atoms with van der Waals surface area (Å²) in [5.74, 6) is 7.03. The highest BCUT2D eigenvalue weighted by Crippen LogP contribution is 2.39. The molecule has 0 amide bonds. The van der Waals surface area contributed by atoms with Crippen LogP contribution in [0.15, 0.2) is 11.6 Å². The van der Waals surface area contributed by atoms with Gasteiger partial charge in [-0.2, -0.15) is 23.5 Å². The standard InChI is InChI=1S/C13H24N2S2/c1-9-10(2)17-12(8-16-9)13(15-14)11-6-4-3-5-7-11/h6,9-10,12-13,15H,3-5,7-8,14H2,1-2H3. The predicted octanol–water partition coefficient (Wildman–Crippen LogP) is 2.94. The molecule has 98 valence electrons. The molecule has 4 heteroatoms. The molecular weight excluding hydrogens is 248 g/mol. The van der Waals surface area contributed by atoms with E-state index >= 15 is 0 Å². The normalized spacial score (nSPS) is 36.4. The van der Waals surface area contributed by atoms with E-state index in [1.54, 1.807) is 5.57 Å². The highest BCUT2D eigenvalue weighted by atomic mass is 32.2. The fraction of sp³-hybridized carbons (Fsp3) is 0.846. The van der Waals surface area contributed by atoms with Crippen LogP contribution in [-0.2, 0) is 0 Å². The van der Waals surface area contributed by atoms with Gasteiger partial charge in [0.1, 0.15) is 0 Å². The monoisotopic (exact) mass is 272 g/mol. The molecule has 0 saturated carbocycles. The lowest BCUT2D eigenvalue weighted by Gasteiger charge is -2.37. The van der Waals surface area contributed by atoms with Gasteiger partial charge in [0.05, 0.1) is 6.04 Å². The molecule has 0 aromatic rings. The van der Waals surface area contributed by atoms with E-state index in [4.69, 9.17) is 5.84 Å². The molecule has 3 N–H and O–H groups in total. The molecule has 1 aliphatic carbocycles. The number of nitrogens with two attached hydrogens (primary N) is 1. The summed E-state index contributed by atoms with van der Waals surface area (Å²) in [5, 5.41) is 2.15. The van der Waals surface area contributed by atoms with Crippen LogP contribution in [0, 0.1) is 0 Å². The van der Waals surface area contributed by atoms with Gasteiger partial charge in [-0.1, -0.05) is 25.5 Å². The average Bonchev–Trinajstić information content (AvgIpc) is 2.36. The summed E-state index contributed by atoms with van der Waals surface area (Å²) in [6.45, 7) is 4.68. The Kier molecular flexibility index (Phi) is 5.27. The molecule has 17 heavy (non-hydrogen) atoms. The third-order valence-corrected chi connectivity index (χ3v) is 7.35. The quantitative estimate of drug-likeness (QED) is 0.471. The second-order valence-corrected chi connectivity index (χ2v) is 8.12. The van der Waals surface area contributed by atoms with Crippen molar-refractivity contribution >= 4 is 23.5 Å². The smallest absolute Gasteiger partial charge is 0.0546 e. The maximum absolute atomic E-state index is 5.80. The van der Waals surface area contributed by atoms with Crippen LogP contribution in [-0.4, -0.2) is 27.5 Å². The van der Waals surface area contributed by atoms with Gasteiger partial charge < -0.3 is 0 Å². The highest BCUT2D eigenvalue weighted by Gasteiger charge is 2.32. The summed E-state index contributed by atoms with van der Waals surface area (Å²) in [7, 11) is 0. The summed E-state index contributed by atoms with van der Waals surface area (Å²) >= 11 is 4.21. The van der Waals surface area contributed by atoms with Gasteiger partial charge in [-0.25, -0.2) is 0 Å². The van der Waals surface area contributed by atoms with Crippen molar-refractivity contribution in [2.45, 2.75) is 61.3 Å². The first kappa shape index (κ1) is 13.8. The molecule has 0 bridgehead atoms. The lowest BCUT2D eigenvalue weighted by Crippen LogP contribution is -2.47. The molecular formula is C13H24N2S2. The Balaban J connectivity index is 2.00. The molecule has 0 aromatic heterocycles. The fourth-order valence-corrected chi connectivity index (χ4v) is 5.70. The maximum Gasteiger partial charge on any atom is 0.0546 e.